The molecule has 0 bridgehead atoms. The monoisotopic (exact) mass is 396 g/mol. The van der Waals surface area contributed by atoms with Crippen molar-refractivity contribution in [2.24, 2.45) is 45.3 Å². The highest BCUT2D eigenvalue weighted by Crippen LogP contribution is 2.66. The van der Waals surface area contributed by atoms with Crippen molar-refractivity contribution in [3.8, 4) is 0 Å². The van der Waals surface area contributed by atoms with E-state index in [1.54, 1.807) is 0 Å². The molecule has 4 nitrogen and oxygen atoms in total. The number of hydrogen-bond donors (Lipinski definition) is 0. The molecule has 2 saturated carbocycles. The van der Waals surface area contributed by atoms with Crippen LogP contribution >= 0.6 is 0 Å². The lowest BCUT2D eigenvalue weighted by Gasteiger charge is -2.66. The first-order chi connectivity index (χ1) is 12.5. The van der Waals surface area contributed by atoms with Crippen molar-refractivity contribution in [1.29, 1.82) is 0 Å². The van der Waals surface area contributed by atoms with Crippen LogP contribution in [0.1, 0.15) is 95.9 Å². The Kier molecular flexibility index (Phi) is 4.97. The van der Waals surface area contributed by atoms with Gasteiger partial charge in [-0.1, -0.05) is 83.1 Å². The standard InChI is InChI=1S/C24H44O4/c1-15-13-23(21(9,10)19(5,6)17(15)3)25-27-24(28-26-23)14-16(2)18(4)20(7,8)22(24,11)12/h15-18H,13-14H2,1-12H3. The molecule has 1 heterocycles. The predicted molar refractivity (Wildman–Crippen MR) is 111 cm³/mol. The smallest absolute Gasteiger partial charge is 0.194 e. The van der Waals surface area contributed by atoms with E-state index in [9.17, 15) is 0 Å². The average molecular weight is 397 g/mol. The van der Waals surface area contributed by atoms with Crippen molar-refractivity contribution in [2.75, 3.05) is 0 Å². The second-order valence-corrected chi connectivity index (χ2v) is 12.5. The van der Waals surface area contributed by atoms with Crippen molar-refractivity contribution in [1.82, 2.24) is 0 Å². The maximum Gasteiger partial charge on any atom is 0.240 e. The van der Waals surface area contributed by atoms with Crippen molar-refractivity contribution in [3.05, 3.63) is 0 Å². The molecule has 0 aromatic heterocycles. The normalized spacial score (nSPS) is 49.3. The van der Waals surface area contributed by atoms with Gasteiger partial charge in [0.1, 0.15) is 0 Å². The molecule has 28 heavy (non-hydrogen) atoms. The summed E-state index contributed by atoms with van der Waals surface area (Å²) in [6, 6.07) is 0. The van der Waals surface area contributed by atoms with E-state index in [1.807, 2.05) is 0 Å². The molecule has 4 unspecified atom stereocenters. The third-order valence-corrected chi connectivity index (χ3v) is 10.9. The van der Waals surface area contributed by atoms with Crippen LogP contribution in [0.2, 0.25) is 0 Å². The van der Waals surface area contributed by atoms with E-state index in [2.05, 4.69) is 83.1 Å². The van der Waals surface area contributed by atoms with Crippen LogP contribution in [0.25, 0.3) is 0 Å². The van der Waals surface area contributed by atoms with E-state index in [-0.39, 0.29) is 21.7 Å². The molecule has 2 spiro atoms. The molecule has 3 rings (SSSR count). The van der Waals surface area contributed by atoms with Gasteiger partial charge >= 0.3 is 0 Å². The minimum Gasteiger partial charge on any atom is -0.194 e. The first-order valence-corrected chi connectivity index (χ1v) is 11.2. The highest BCUT2D eigenvalue weighted by atomic mass is 17.4. The summed E-state index contributed by atoms with van der Waals surface area (Å²) in [5.41, 5.74) is -0.544. The molecule has 0 aromatic carbocycles. The molecule has 0 N–H and O–H groups in total. The van der Waals surface area contributed by atoms with Crippen LogP contribution in [0.15, 0.2) is 0 Å². The van der Waals surface area contributed by atoms with Gasteiger partial charge in [-0.3, -0.25) is 0 Å². The van der Waals surface area contributed by atoms with E-state index < -0.39 is 11.6 Å². The average Bonchev–Trinajstić information content (AvgIpc) is 2.59. The first-order valence-electron chi connectivity index (χ1n) is 11.2. The molecule has 3 fully saturated rings. The van der Waals surface area contributed by atoms with Crippen LogP contribution in [0.3, 0.4) is 0 Å². The Bertz CT molecular complexity index is 556. The van der Waals surface area contributed by atoms with Gasteiger partial charge in [0, 0.05) is 23.7 Å². The Labute approximate surface area is 172 Å². The van der Waals surface area contributed by atoms with Gasteiger partial charge in [0.05, 0.1) is 0 Å². The molecule has 2 aliphatic carbocycles. The Hall–Kier alpha value is -0.160. The van der Waals surface area contributed by atoms with E-state index in [4.69, 9.17) is 19.6 Å². The summed E-state index contributed by atoms with van der Waals surface area (Å²) in [5, 5.41) is 0. The summed E-state index contributed by atoms with van der Waals surface area (Å²) in [6.45, 7) is 27.3. The first kappa shape index (κ1) is 22.5. The highest BCUT2D eigenvalue weighted by Gasteiger charge is 2.71. The van der Waals surface area contributed by atoms with Crippen LogP contribution in [0.4, 0.5) is 0 Å². The summed E-state index contributed by atoms with van der Waals surface area (Å²) in [4.78, 5) is 25.3. The largest absolute Gasteiger partial charge is 0.240 e. The van der Waals surface area contributed by atoms with E-state index in [1.165, 1.54) is 0 Å². The summed E-state index contributed by atoms with van der Waals surface area (Å²) < 4.78 is 0. The number of rotatable bonds is 0. The molecule has 4 atom stereocenters. The maximum absolute atomic E-state index is 6.33. The van der Waals surface area contributed by atoms with E-state index >= 15 is 0 Å². The van der Waals surface area contributed by atoms with Gasteiger partial charge in [0.2, 0.25) is 11.6 Å². The minimum absolute atomic E-state index is 0.00501. The third-order valence-electron chi connectivity index (χ3n) is 10.9. The zero-order chi connectivity index (χ0) is 21.6. The van der Waals surface area contributed by atoms with Gasteiger partial charge in [-0.2, -0.15) is 19.6 Å². The minimum atomic E-state index is -0.903. The Balaban J connectivity index is 1.95. The van der Waals surface area contributed by atoms with Gasteiger partial charge in [-0.05, 0) is 34.5 Å². The predicted octanol–water partition coefficient (Wildman–Crippen LogP) is 6.75. The van der Waals surface area contributed by atoms with Crippen LogP contribution in [0, 0.1) is 45.3 Å². The molecule has 3 aliphatic rings. The van der Waals surface area contributed by atoms with Gasteiger partial charge in [0.25, 0.3) is 0 Å². The van der Waals surface area contributed by atoms with Crippen molar-refractivity contribution in [3.63, 3.8) is 0 Å². The molecule has 4 heteroatoms. The van der Waals surface area contributed by atoms with Gasteiger partial charge in [-0.25, -0.2) is 0 Å². The van der Waals surface area contributed by atoms with Crippen LogP contribution in [-0.4, -0.2) is 11.6 Å². The van der Waals surface area contributed by atoms with E-state index in [0.717, 1.165) is 12.8 Å². The Morgan fingerprint density at radius 1 is 0.500 bits per heavy atom. The fourth-order valence-electron chi connectivity index (χ4n) is 6.10. The topological polar surface area (TPSA) is 36.9 Å². The quantitative estimate of drug-likeness (QED) is 0.425. The second kappa shape index (κ2) is 6.18. The lowest BCUT2D eigenvalue weighted by atomic mass is 9.49. The Morgan fingerprint density at radius 2 is 0.750 bits per heavy atom. The molecular formula is C24H44O4. The summed E-state index contributed by atoms with van der Waals surface area (Å²) in [5.74, 6) is 0.169. The highest BCUT2D eigenvalue weighted by molar-refractivity contribution is 5.08. The molecule has 164 valence electrons. The zero-order valence-electron chi connectivity index (χ0n) is 20.4. The summed E-state index contributed by atoms with van der Waals surface area (Å²) >= 11 is 0. The van der Waals surface area contributed by atoms with E-state index in [0.29, 0.717) is 23.7 Å². The van der Waals surface area contributed by atoms with Crippen molar-refractivity contribution < 1.29 is 19.6 Å². The van der Waals surface area contributed by atoms with Gasteiger partial charge in [-0.15, -0.1) is 0 Å². The summed E-state index contributed by atoms with van der Waals surface area (Å²) in [6.07, 6.45) is 1.52. The SMILES string of the molecule is CC1CC2(OOC3(CC(C)C(C)C(C)(C)C3(C)C)OO2)C(C)(C)C(C)(C)C1C. The van der Waals surface area contributed by atoms with Gasteiger partial charge in [0.15, 0.2) is 0 Å². The number of hydrogen-bond acceptors (Lipinski definition) is 4. The molecule has 1 aliphatic heterocycles. The maximum atomic E-state index is 6.33. The summed E-state index contributed by atoms with van der Waals surface area (Å²) in [7, 11) is 0. The third kappa shape index (κ3) is 2.50. The zero-order valence-corrected chi connectivity index (χ0v) is 20.4. The van der Waals surface area contributed by atoms with Gasteiger partial charge < -0.3 is 0 Å². The molecule has 1 saturated heterocycles. The van der Waals surface area contributed by atoms with Crippen LogP contribution in [0.5, 0.6) is 0 Å². The lowest BCUT2D eigenvalue weighted by molar-refractivity contribution is -0.697. The lowest BCUT2D eigenvalue weighted by Crippen LogP contribution is -2.71. The molecular weight excluding hydrogens is 352 g/mol. The fourth-order valence-corrected chi connectivity index (χ4v) is 6.10. The van der Waals surface area contributed by atoms with Crippen molar-refractivity contribution >= 4 is 0 Å². The molecule has 0 radical (unpaired) electrons. The molecule has 0 amide bonds. The van der Waals surface area contributed by atoms with Crippen LogP contribution < -0.4 is 0 Å². The molecule has 0 aromatic rings. The fraction of sp³-hybridized carbons (Fsp3) is 1.00. The second-order valence-electron chi connectivity index (χ2n) is 12.5. The van der Waals surface area contributed by atoms with Crippen molar-refractivity contribution in [2.45, 2.75) is 108 Å². The Morgan fingerprint density at radius 3 is 1.00 bits per heavy atom. The van der Waals surface area contributed by atoms with Crippen LogP contribution in [-0.2, 0) is 19.6 Å².